The molecule has 0 amide bonds. The Balaban J connectivity index is 1.58. The van der Waals surface area contributed by atoms with Crippen molar-refractivity contribution in [3.63, 3.8) is 0 Å². The molecule has 0 saturated carbocycles. The van der Waals surface area contributed by atoms with Gasteiger partial charge in [-0.15, -0.1) is 15.9 Å². The Morgan fingerprint density at radius 3 is 2.88 bits per heavy atom. The van der Waals surface area contributed by atoms with Crippen molar-refractivity contribution in [3.8, 4) is 11.5 Å². The molecule has 2 heterocycles. The standard InChI is InChI=1S/C23H21F2N5O2/c1-4-13(19(11-26-2)17-10-27-30(3)12-17)7-16-8-14-5-6-15(9-18(14)20(16)31)22-28-29-23(32-22)21(24)25/h5-6,9-12,16,21,26H,1,7-8H2,2-3H3/b19-11+. The minimum Gasteiger partial charge on any atom is -0.415 e. The van der Waals surface area contributed by atoms with Crippen LogP contribution in [0.15, 0.2) is 59.1 Å². The minimum absolute atomic E-state index is 0.0295. The van der Waals surface area contributed by atoms with Crippen LogP contribution in [0, 0.1) is 5.92 Å². The molecule has 7 nitrogen and oxygen atoms in total. The van der Waals surface area contributed by atoms with Crippen LogP contribution in [0.1, 0.15) is 40.2 Å². The Hall–Kier alpha value is -3.84. The van der Waals surface area contributed by atoms with Gasteiger partial charge in [0.2, 0.25) is 5.89 Å². The lowest BCUT2D eigenvalue weighted by molar-refractivity contribution is 0.0936. The highest BCUT2D eigenvalue weighted by atomic mass is 19.3. The molecule has 2 aromatic heterocycles. The molecule has 3 aromatic rings. The van der Waals surface area contributed by atoms with E-state index in [9.17, 15) is 13.6 Å². The van der Waals surface area contributed by atoms with Gasteiger partial charge in [0.1, 0.15) is 0 Å². The normalized spacial score (nSPS) is 15.7. The Labute approximate surface area is 183 Å². The summed E-state index contributed by atoms with van der Waals surface area (Å²) in [5.41, 5.74) is 7.41. The number of rotatable bonds is 7. The van der Waals surface area contributed by atoms with Crippen LogP contribution in [-0.4, -0.2) is 32.8 Å². The molecule has 0 aliphatic heterocycles. The van der Waals surface area contributed by atoms with Gasteiger partial charge < -0.3 is 9.73 Å². The van der Waals surface area contributed by atoms with Gasteiger partial charge >= 0.3 is 6.43 Å². The third kappa shape index (κ3) is 4.02. The maximum Gasteiger partial charge on any atom is 0.314 e. The van der Waals surface area contributed by atoms with E-state index < -0.39 is 12.3 Å². The van der Waals surface area contributed by atoms with Gasteiger partial charge in [-0.25, -0.2) is 0 Å². The molecule has 1 unspecified atom stereocenters. The van der Waals surface area contributed by atoms with E-state index in [1.165, 1.54) is 0 Å². The van der Waals surface area contributed by atoms with Crippen molar-refractivity contribution in [1.29, 1.82) is 0 Å². The number of nitrogens with zero attached hydrogens (tertiary/aromatic N) is 4. The van der Waals surface area contributed by atoms with Crippen LogP contribution in [-0.2, 0) is 13.5 Å². The van der Waals surface area contributed by atoms with Gasteiger partial charge in [-0.05, 0) is 30.5 Å². The number of allylic oxidation sites excluding steroid dienone is 2. The molecular weight excluding hydrogens is 416 g/mol. The quantitative estimate of drug-likeness (QED) is 0.442. The molecule has 1 atom stereocenters. The smallest absolute Gasteiger partial charge is 0.314 e. The Kier molecular flexibility index (Phi) is 5.83. The average molecular weight is 437 g/mol. The number of carbonyl (C=O) groups excluding carboxylic acids is 1. The number of fused-ring (bicyclic) bond motifs is 1. The van der Waals surface area contributed by atoms with E-state index >= 15 is 0 Å². The van der Waals surface area contributed by atoms with Crippen molar-refractivity contribution in [2.24, 2.45) is 13.0 Å². The third-order valence-corrected chi connectivity index (χ3v) is 5.38. The number of hydrogen-bond acceptors (Lipinski definition) is 6. The molecule has 4 rings (SSSR count). The first-order valence-corrected chi connectivity index (χ1v) is 9.96. The SMILES string of the molecule is C=C=C(CC1Cc2ccc(-c3nnc(C(F)F)o3)cc2C1=O)/C(=C\NC)c1cnn(C)c1. The number of aromatic nitrogens is 4. The largest absolute Gasteiger partial charge is 0.415 e. The number of hydrogen-bond donors (Lipinski definition) is 1. The van der Waals surface area contributed by atoms with Crippen LogP contribution in [0.3, 0.4) is 0 Å². The summed E-state index contributed by atoms with van der Waals surface area (Å²) in [6, 6.07) is 5.13. The number of halogens is 2. The number of carbonyl (C=O) groups is 1. The number of alkyl halides is 2. The summed E-state index contributed by atoms with van der Waals surface area (Å²) in [4.78, 5) is 13.2. The van der Waals surface area contributed by atoms with Crippen molar-refractivity contribution < 1.29 is 18.0 Å². The molecule has 0 saturated heterocycles. The van der Waals surface area contributed by atoms with E-state index in [4.69, 9.17) is 4.42 Å². The second-order valence-corrected chi connectivity index (χ2v) is 7.49. The molecule has 1 N–H and O–H groups in total. The maximum atomic E-state index is 13.2. The van der Waals surface area contributed by atoms with Crippen molar-refractivity contribution in [2.75, 3.05) is 7.05 Å². The molecule has 9 heteroatoms. The summed E-state index contributed by atoms with van der Waals surface area (Å²) in [6.07, 6.45) is 3.63. The minimum atomic E-state index is -2.85. The summed E-state index contributed by atoms with van der Waals surface area (Å²) in [5, 5.41) is 14.3. The van der Waals surface area contributed by atoms with Crippen molar-refractivity contribution in [3.05, 3.63) is 77.3 Å². The van der Waals surface area contributed by atoms with Gasteiger partial charge in [-0.3, -0.25) is 9.48 Å². The molecular formula is C23H21F2N5O2. The van der Waals surface area contributed by atoms with Crippen LogP contribution in [0.5, 0.6) is 0 Å². The number of nitrogens with one attached hydrogen (secondary N) is 1. The zero-order valence-electron chi connectivity index (χ0n) is 17.6. The highest BCUT2D eigenvalue weighted by Gasteiger charge is 2.32. The van der Waals surface area contributed by atoms with Crippen LogP contribution in [0.25, 0.3) is 17.0 Å². The lowest BCUT2D eigenvalue weighted by Crippen LogP contribution is -2.11. The van der Waals surface area contributed by atoms with Gasteiger partial charge in [0.15, 0.2) is 5.78 Å². The number of ketones is 1. The second kappa shape index (κ2) is 8.72. The summed E-state index contributed by atoms with van der Waals surface area (Å²) in [6.45, 7) is 3.82. The summed E-state index contributed by atoms with van der Waals surface area (Å²) >= 11 is 0. The van der Waals surface area contributed by atoms with Gasteiger partial charge in [0, 0.05) is 60.2 Å². The fourth-order valence-corrected chi connectivity index (χ4v) is 3.87. The third-order valence-electron chi connectivity index (χ3n) is 5.38. The Morgan fingerprint density at radius 2 is 2.25 bits per heavy atom. The van der Waals surface area contributed by atoms with E-state index in [2.05, 4.69) is 32.9 Å². The zero-order chi connectivity index (χ0) is 22.8. The van der Waals surface area contributed by atoms with Crippen molar-refractivity contribution in [1.82, 2.24) is 25.3 Å². The molecule has 164 valence electrons. The first-order valence-electron chi connectivity index (χ1n) is 9.96. The number of Topliss-reactive ketones (excluding diaryl/α,β-unsaturated/α-hetero) is 1. The maximum absolute atomic E-state index is 13.2. The van der Waals surface area contributed by atoms with Gasteiger partial charge in [0.25, 0.3) is 5.89 Å². The summed E-state index contributed by atoms with van der Waals surface area (Å²) in [7, 11) is 3.63. The topological polar surface area (TPSA) is 85.8 Å². The zero-order valence-corrected chi connectivity index (χ0v) is 17.6. The van der Waals surface area contributed by atoms with E-state index in [1.54, 1.807) is 36.1 Å². The van der Waals surface area contributed by atoms with E-state index in [-0.39, 0.29) is 17.6 Å². The summed E-state index contributed by atoms with van der Waals surface area (Å²) in [5.74, 6) is -1.11. The fraction of sp³-hybridized carbons (Fsp3) is 0.261. The molecule has 1 aliphatic rings. The average Bonchev–Trinajstić information content (AvgIpc) is 3.50. The van der Waals surface area contributed by atoms with Gasteiger partial charge in [-0.2, -0.15) is 13.9 Å². The fourth-order valence-electron chi connectivity index (χ4n) is 3.87. The Bertz CT molecular complexity index is 1250. The van der Waals surface area contributed by atoms with E-state index in [1.807, 2.05) is 19.4 Å². The number of benzene rings is 1. The van der Waals surface area contributed by atoms with Gasteiger partial charge in [0.05, 0.1) is 6.20 Å². The molecule has 0 spiro atoms. The monoisotopic (exact) mass is 437 g/mol. The second-order valence-electron chi connectivity index (χ2n) is 7.49. The van der Waals surface area contributed by atoms with Crippen LogP contribution in [0.4, 0.5) is 8.78 Å². The molecule has 0 fully saturated rings. The predicted molar refractivity (Wildman–Crippen MR) is 114 cm³/mol. The van der Waals surface area contributed by atoms with Crippen molar-refractivity contribution in [2.45, 2.75) is 19.3 Å². The highest BCUT2D eigenvalue weighted by molar-refractivity contribution is 6.03. The number of aryl methyl sites for hydroxylation is 1. The van der Waals surface area contributed by atoms with Crippen LogP contribution < -0.4 is 5.32 Å². The predicted octanol–water partition coefficient (Wildman–Crippen LogP) is 4.12. The van der Waals surface area contributed by atoms with Gasteiger partial charge in [-0.1, -0.05) is 12.6 Å². The van der Waals surface area contributed by atoms with E-state index in [0.717, 1.165) is 22.3 Å². The first kappa shape index (κ1) is 21.4. The van der Waals surface area contributed by atoms with Crippen molar-refractivity contribution >= 4 is 11.4 Å². The summed E-state index contributed by atoms with van der Waals surface area (Å²) < 4.78 is 32.2. The molecule has 1 aliphatic carbocycles. The first-order chi connectivity index (χ1) is 15.4. The molecule has 0 bridgehead atoms. The van der Waals surface area contributed by atoms with Crippen LogP contribution in [0.2, 0.25) is 0 Å². The molecule has 1 aromatic carbocycles. The lowest BCUT2D eigenvalue weighted by atomic mass is 9.90. The molecule has 0 radical (unpaired) electrons. The lowest BCUT2D eigenvalue weighted by Gasteiger charge is -2.13. The Morgan fingerprint density at radius 1 is 1.44 bits per heavy atom. The highest BCUT2D eigenvalue weighted by Crippen LogP contribution is 2.36. The van der Waals surface area contributed by atoms with Crippen LogP contribution >= 0.6 is 0 Å². The van der Waals surface area contributed by atoms with E-state index in [0.29, 0.717) is 24.0 Å². The molecule has 32 heavy (non-hydrogen) atoms.